The highest BCUT2D eigenvalue weighted by molar-refractivity contribution is 5.44. The smallest absolute Gasteiger partial charge is 0.161 e. The second kappa shape index (κ2) is 5.80. The molecule has 1 unspecified atom stereocenters. The zero-order chi connectivity index (χ0) is 13.9. The first kappa shape index (κ1) is 14.2. The highest BCUT2D eigenvalue weighted by Crippen LogP contribution is 2.33. The highest BCUT2D eigenvalue weighted by Gasteiger charge is 2.18. The van der Waals surface area contributed by atoms with Crippen LogP contribution in [0.1, 0.15) is 38.8 Å². The van der Waals surface area contributed by atoms with Crippen molar-refractivity contribution in [2.24, 2.45) is 0 Å². The molecule has 0 fully saturated rings. The van der Waals surface area contributed by atoms with E-state index in [1.54, 1.807) is 13.8 Å². The Morgan fingerprint density at radius 2 is 1.95 bits per heavy atom. The summed E-state index contributed by atoms with van der Waals surface area (Å²) < 4.78 is 11.1. The Morgan fingerprint density at radius 1 is 1.26 bits per heavy atom. The molecular formula is C15H23NO3. The summed E-state index contributed by atoms with van der Waals surface area (Å²) in [6.07, 6.45) is 0.954. The summed E-state index contributed by atoms with van der Waals surface area (Å²) in [5.74, 6) is 1.62. The monoisotopic (exact) mass is 265 g/mol. The van der Waals surface area contributed by atoms with E-state index in [0.29, 0.717) is 19.8 Å². The molecule has 19 heavy (non-hydrogen) atoms. The van der Waals surface area contributed by atoms with Crippen molar-refractivity contribution in [1.82, 2.24) is 5.32 Å². The Bertz CT molecular complexity index is 426. The molecule has 2 N–H and O–H groups in total. The largest absolute Gasteiger partial charge is 0.486 e. The molecule has 0 aliphatic carbocycles. The van der Waals surface area contributed by atoms with Crippen LogP contribution < -0.4 is 14.8 Å². The molecule has 1 heterocycles. The van der Waals surface area contributed by atoms with Crippen molar-refractivity contribution in [2.45, 2.75) is 38.8 Å². The number of ether oxygens (including phenoxy) is 2. The maximum Gasteiger partial charge on any atom is 0.161 e. The molecule has 106 valence electrons. The van der Waals surface area contributed by atoms with Crippen LogP contribution in [-0.4, -0.2) is 30.5 Å². The highest BCUT2D eigenvalue weighted by atomic mass is 16.6. The van der Waals surface area contributed by atoms with E-state index in [1.165, 1.54) is 0 Å². The third-order valence-electron chi connectivity index (χ3n) is 3.16. The van der Waals surface area contributed by atoms with Crippen LogP contribution in [0.5, 0.6) is 11.5 Å². The SMILES string of the molecule is CCC(NCC(C)(C)O)c1ccc2c(c1)OCCO2. The lowest BCUT2D eigenvalue weighted by Crippen LogP contribution is -2.36. The maximum atomic E-state index is 9.79. The van der Waals surface area contributed by atoms with E-state index in [0.717, 1.165) is 23.5 Å². The molecule has 0 spiro atoms. The van der Waals surface area contributed by atoms with Crippen molar-refractivity contribution < 1.29 is 14.6 Å². The van der Waals surface area contributed by atoms with Gasteiger partial charge in [0.25, 0.3) is 0 Å². The summed E-state index contributed by atoms with van der Waals surface area (Å²) in [7, 11) is 0. The molecular weight excluding hydrogens is 242 g/mol. The van der Waals surface area contributed by atoms with Gasteiger partial charge in [0, 0.05) is 12.6 Å². The number of hydrogen-bond acceptors (Lipinski definition) is 4. The lowest BCUT2D eigenvalue weighted by Gasteiger charge is -2.25. The summed E-state index contributed by atoms with van der Waals surface area (Å²) in [5, 5.41) is 13.2. The summed E-state index contributed by atoms with van der Waals surface area (Å²) in [6, 6.07) is 6.25. The second-order valence-corrected chi connectivity index (χ2v) is 5.56. The van der Waals surface area contributed by atoms with E-state index in [4.69, 9.17) is 9.47 Å². The molecule has 0 saturated carbocycles. The van der Waals surface area contributed by atoms with Gasteiger partial charge in [-0.25, -0.2) is 0 Å². The zero-order valence-corrected chi connectivity index (χ0v) is 11.9. The van der Waals surface area contributed by atoms with E-state index in [9.17, 15) is 5.11 Å². The summed E-state index contributed by atoms with van der Waals surface area (Å²) in [5.41, 5.74) is 0.456. The van der Waals surface area contributed by atoms with Crippen molar-refractivity contribution in [3.05, 3.63) is 23.8 Å². The molecule has 0 bridgehead atoms. The maximum absolute atomic E-state index is 9.79. The summed E-state index contributed by atoms with van der Waals surface area (Å²) >= 11 is 0. The Balaban J connectivity index is 2.10. The van der Waals surface area contributed by atoms with Crippen LogP contribution in [0.25, 0.3) is 0 Å². The minimum absolute atomic E-state index is 0.210. The fourth-order valence-electron chi connectivity index (χ4n) is 2.15. The van der Waals surface area contributed by atoms with Crippen molar-refractivity contribution in [3.63, 3.8) is 0 Å². The normalized spacial score (nSPS) is 16.2. The van der Waals surface area contributed by atoms with Crippen molar-refractivity contribution in [3.8, 4) is 11.5 Å². The van der Waals surface area contributed by atoms with Crippen LogP contribution in [0.3, 0.4) is 0 Å². The van der Waals surface area contributed by atoms with E-state index in [-0.39, 0.29) is 6.04 Å². The minimum atomic E-state index is -0.707. The average Bonchev–Trinajstić information content (AvgIpc) is 2.38. The molecule has 0 amide bonds. The quantitative estimate of drug-likeness (QED) is 0.857. The van der Waals surface area contributed by atoms with Crippen LogP contribution in [0.2, 0.25) is 0 Å². The molecule has 0 aromatic heterocycles. The van der Waals surface area contributed by atoms with Crippen molar-refractivity contribution in [1.29, 1.82) is 0 Å². The first-order chi connectivity index (χ1) is 8.99. The van der Waals surface area contributed by atoms with Crippen LogP contribution in [-0.2, 0) is 0 Å². The first-order valence-corrected chi connectivity index (χ1v) is 6.85. The van der Waals surface area contributed by atoms with E-state index < -0.39 is 5.60 Å². The molecule has 1 aromatic carbocycles. The van der Waals surface area contributed by atoms with Gasteiger partial charge in [0.2, 0.25) is 0 Å². The Morgan fingerprint density at radius 3 is 2.58 bits per heavy atom. The number of fused-ring (bicyclic) bond motifs is 1. The molecule has 4 nitrogen and oxygen atoms in total. The average molecular weight is 265 g/mol. The van der Waals surface area contributed by atoms with Gasteiger partial charge >= 0.3 is 0 Å². The molecule has 1 aromatic rings. The van der Waals surface area contributed by atoms with Gasteiger partial charge in [-0.15, -0.1) is 0 Å². The standard InChI is InChI=1S/C15H23NO3/c1-4-12(16-10-15(2,3)17)11-5-6-13-14(9-11)19-8-7-18-13/h5-6,9,12,16-17H,4,7-8,10H2,1-3H3. The molecule has 0 saturated heterocycles. The van der Waals surface area contributed by atoms with Crippen LogP contribution in [0.15, 0.2) is 18.2 Å². The van der Waals surface area contributed by atoms with Crippen LogP contribution in [0, 0.1) is 0 Å². The number of aliphatic hydroxyl groups is 1. The summed E-state index contributed by atoms with van der Waals surface area (Å²) in [4.78, 5) is 0. The zero-order valence-electron chi connectivity index (χ0n) is 11.9. The molecule has 1 aliphatic heterocycles. The van der Waals surface area contributed by atoms with Gasteiger partial charge in [-0.1, -0.05) is 13.0 Å². The van der Waals surface area contributed by atoms with Gasteiger partial charge in [0.05, 0.1) is 5.60 Å². The predicted molar refractivity (Wildman–Crippen MR) is 74.8 cm³/mol. The van der Waals surface area contributed by atoms with Crippen molar-refractivity contribution >= 4 is 0 Å². The Labute approximate surface area is 114 Å². The minimum Gasteiger partial charge on any atom is -0.486 e. The number of hydrogen-bond donors (Lipinski definition) is 2. The van der Waals surface area contributed by atoms with Gasteiger partial charge in [0.15, 0.2) is 11.5 Å². The predicted octanol–water partition coefficient (Wildman–Crippen LogP) is 2.27. The lowest BCUT2D eigenvalue weighted by atomic mass is 10.0. The Hall–Kier alpha value is -1.26. The van der Waals surface area contributed by atoms with Crippen molar-refractivity contribution in [2.75, 3.05) is 19.8 Å². The van der Waals surface area contributed by atoms with Gasteiger partial charge in [0.1, 0.15) is 13.2 Å². The van der Waals surface area contributed by atoms with Gasteiger partial charge < -0.3 is 19.9 Å². The molecule has 1 atom stereocenters. The van der Waals surface area contributed by atoms with E-state index in [1.807, 2.05) is 12.1 Å². The molecule has 2 rings (SSSR count). The van der Waals surface area contributed by atoms with E-state index in [2.05, 4.69) is 18.3 Å². The number of nitrogens with one attached hydrogen (secondary N) is 1. The topological polar surface area (TPSA) is 50.7 Å². The van der Waals surface area contributed by atoms with E-state index >= 15 is 0 Å². The van der Waals surface area contributed by atoms with Gasteiger partial charge in [-0.2, -0.15) is 0 Å². The van der Waals surface area contributed by atoms with Gasteiger partial charge in [-0.3, -0.25) is 0 Å². The first-order valence-electron chi connectivity index (χ1n) is 6.85. The Kier molecular flexibility index (Phi) is 4.32. The fourth-order valence-corrected chi connectivity index (χ4v) is 2.15. The lowest BCUT2D eigenvalue weighted by molar-refractivity contribution is 0.0761. The van der Waals surface area contributed by atoms with Gasteiger partial charge in [-0.05, 0) is 38.0 Å². The molecule has 0 radical (unpaired) electrons. The number of benzene rings is 1. The third-order valence-corrected chi connectivity index (χ3v) is 3.16. The van der Waals surface area contributed by atoms with Crippen LogP contribution in [0.4, 0.5) is 0 Å². The molecule has 4 heteroatoms. The molecule has 1 aliphatic rings. The summed E-state index contributed by atoms with van der Waals surface area (Å²) in [6.45, 7) is 7.50. The third kappa shape index (κ3) is 3.85. The number of rotatable bonds is 5. The second-order valence-electron chi connectivity index (χ2n) is 5.56. The van der Waals surface area contributed by atoms with Crippen LogP contribution >= 0.6 is 0 Å². The fraction of sp³-hybridized carbons (Fsp3) is 0.600.